The predicted molar refractivity (Wildman–Crippen MR) is 111 cm³/mol. The summed E-state index contributed by atoms with van der Waals surface area (Å²) in [6.45, 7) is 1.97. The van der Waals surface area contributed by atoms with Crippen LogP contribution in [0.4, 0.5) is 5.69 Å². The van der Waals surface area contributed by atoms with Gasteiger partial charge in [0.2, 0.25) is 12.2 Å². The molecule has 0 radical (unpaired) electrons. The van der Waals surface area contributed by atoms with Crippen LogP contribution in [0.25, 0.3) is 0 Å². The molecule has 30 heavy (non-hydrogen) atoms. The minimum atomic E-state index is -1.12. The Morgan fingerprint density at radius 2 is 1.60 bits per heavy atom. The molecule has 0 aromatic heterocycles. The first kappa shape index (κ1) is 19.5. The van der Waals surface area contributed by atoms with Gasteiger partial charge in [0.15, 0.2) is 11.5 Å². The Morgan fingerprint density at radius 3 is 2.33 bits per heavy atom. The summed E-state index contributed by atoms with van der Waals surface area (Å²) in [7, 11) is 0. The minimum Gasteiger partial charge on any atom is -0.485 e. The molecule has 3 aromatic rings. The summed E-state index contributed by atoms with van der Waals surface area (Å²) in [5.74, 6) is -0.0858. The molecule has 3 aromatic carbocycles. The van der Waals surface area contributed by atoms with Crippen molar-refractivity contribution in [3.63, 3.8) is 0 Å². The van der Waals surface area contributed by atoms with Gasteiger partial charge in [0.1, 0.15) is 6.61 Å². The maximum atomic E-state index is 13.0. The zero-order chi connectivity index (χ0) is 20.9. The second-order valence-electron chi connectivity index (χ2n) is 6.95. The molecule has 0 fully saturated rings. The van der Waals surface area contributed by atoms with Gasteiger partial charge in [-0.25, -0.2) is 4.79 Å². The van der Waals surface area contributed by atoms with Crippen LogP contribution in [0, 0.1) is 6.92 Å². The number of hydrogen-bond acceptors (Lipinski definition) is 5. The van der Waals surface area contributed by atoms with Crippen molar-refractivity contribution in [3.8, 4) is 11.5 Å². The Kier molecular flexibility index (Phi) is 5.66. The Labute approximate surface area is 174 Å². The van der Waals surface area contributed by atoms with Crippen LogP contribution in [0.5, 0.6) is 11.5 Å². The van der Waals surface area contributed by atoms with Gasteiger partial charge in [0.25, 0.3) is 5.91 Å². The predicted octanol–water partition coefficient (Wildman–Crippen LogP) is 4.06. The maximum absolute atomic E-state index is 13.0. The topological polar surface area (TPSA) is 73.9 Å². The molecule has 1 heterocycles. The monoisotopic (exact) mass is 403 g/mol. The van der Waals surface area contributed by atoms with Crippen LogP contribution in [-0.4, -0.2) is 24.6 Å². The summed E-state index contributed by atoms with van der Waals surface area (Å²) in [5, 5.41) is 2.80. The van der Waals surface area contributed by atoms with E-state index in [9.17, 15) is 9.59 Å². The highest BCUT2D eigenvalue weighted by atomic mass is 16.6. The number of amides is 1. The fraction of sp³-hybridized carbons (Fsp3) is 0.167. The van der Waals surface area contributed by atoms with E-state index < -0.39 is 24.1 Å². The second-order valence-corrected chi connectivity index (χ2v) is 6.95. The van der Waals surface area contributed by atoms with Crippen LogP contribution in [0.2, 0.25) is 0 Å². The van der Waals surface area contributed by atoms with E-state index in [1.165, 1.54) is 0 Å². The van der Waals surface area contributed by atoms with Crippen molar-refractivity contribution in [2.24, 2.45) is 0 Å². The molecule has 1 aliphatic rings. The van der Waals surface area contributed by atoms with E-state index in [4.69, 9.17) is 14.2 Å². The lowest BCUT2D eigenvalue weighted by Gasteiger charge is -2.26. The van der Waals surface area contributed by atoms with Gasteiger partial charge >= 0.3 is 5.97 Å². The molecule has 2 atom stereocenters. The van der Waals surface area contributed by atoms with Crippen molar-refractivity contribution in [1.82, 2.24) is 0 Å². The Morgan fingerprint density at radius 1 is 0.933 bits per heavy atom. The quantitative estimate of drug-likeness (QED) is 0.651. The van der Waals surface area contributed by atoms with Gasteiger partial charge in [-0.15, -0.1) is 0 Å². The van der Waals surface area contributed by atoms with E-state index in [1.54, 1.807) is 54.6 Å². The van der Waals surface area contributed by atoms with Crippen molar-refractivity contribution in [2.75, 3.05) is 11.9 Å². The number of benzene rings is 3. The second kappa shape index (κ2) is 8.69. The first-order valence-electron chi connectivity index (χ1n) is 9.61. The number of para-hydroxylation sites is 2. The van der Waals surface area contributed by atoms with Gasteiger partial charge in [-0.1, -0.05) is 60.2 Å². The molecule has 6 heteroatoms. The van der Waals surface area contributed by atoms with Crippen molar-refractivity contribution in [2.45, 2.75) is 19.1 Å². The van der Waals surface area contributed by atoms with Crippen molar-refractivity contribution < 1.29 is 23.8 Å². The summed E-state index contributed by atoms with van der Waals surface area (Å²) in [6.07, 6.45) is -2.08. The lowest BCUT2D eigenvalue weighted by atomic mass is 10.1. The zero-order valence-electron chi connectivity index (χ0n) is 16.4. The lowest BCUT2D eigenvalue weighted by molar-refractivity contribution is -0.164. The summed E-state index contributed by atoms with van der Waals surface area (Å²) in [5.41, 5.74) is 2.26. The number of carbonyl (C=O) groups is 2. The SMILES string of the molecule is Cc1ccc(NC(=O)[C@H](OC(=O)[C@@H]2COc3ccccc3O2)c2ccccc2)cc1. The van der Waals surface area contributed by atoms with E-state index in [-0.39, 0.29) is 6.61 Å². The molecule has 4 rings (SSSR count). The van der Waals surface area contributed by atoms with Gasteiger partial charge < -0.3 is 19.5 Å². The highest BCUT2D eigenvalue weighted by molar-refractivity contribution is 5.96. The average molecular weight is 403 g/mol. The smallest absolute Gasteiger partial charge is 0.352 e. The molecular weight excluding hydrogens is 382 g/mol. The first-order valence-corrected chi connectivity index (χ1v) is 9.61. The van der Waals surface area contributed by atoms with E-state index in [0.29, 0.717) is 22.7 Å². The molecule has 0 aliphatic carbocycles. The molecule has 1 aliphatic heterocycles. The minimum absolute atomic E-state index is 0.0109. The van der Waals surface area contributed by atoms with Crippen LogP contribution in [0.15, 0.2) is 78.9 Å². The van der Waals surface area contributed by atoms with Crippen molar-refractivity contribution in [3.05, 3.63) is 90.0 Å². The number of aryl methyl sites for hydroxylation is 1. The molecular formula is C24H21NO5. The average Bonchev–Trinajstić information content (AvgIpc) is 2.79. The van der Waals surface area contributed by atoms with E-state index in [0.717, 1.165) is 5.56 Å². The van der Waals surface area contributed by atoms with Crippen LogP contribution in [0.3, 0.4) is 0 Å². The maximum Gasteiger partial charge on any atom is 0.352 e. The third-order valence-corrected chi connectivity index (χ3v) is 4.67. The fourth-order valence-electron chi connectivity index (χ4n) is 3.07. The molecule has 0 bridgehead atoms. The number of carbonyl (C=O) groups excluding carboxylic acids is 2. The normalized spacial score (nSPS) is 15.7. The molecule has 0 spiro atoms. The molecule has 6 nitrogen and oxygen atoms in total. The largest absolute Gasteiger partial charge is 0.485 e. The molecule has 0 saturated carbocycles. The van der Waals surface area contributed by atoms with Gasteiger partial charge in [0, 0.05) is 11.3 Å². The highest BCUT2D eigenvalue weighted by Crippen LogP contribution is 2.32. The number of esters is 1. The van der Waals surface area contributed by atoms with Gasteiger partial charge in [-0.05, 0) is 31.2 Å². The first-order chi connectivity index (χ1) is 14.6. The van der Waals surface area contributed by atoms with Crippen LogP contribution in [0.1, 0.15) is 17.2 Å². The Hall–Kier alpha value is -3.80. The Balaban J connectivity index is 1.51. The molecule has 0 unspecified atom stereocenters. The Bertz CT molecular complexity index is 1030. The van der Waals surface area contributed by atoms with Crippen molar-refractivity contribution >= 4 is 17.6 Å². The number of rotatable bonds is 5. The third-order valence-electron chi connectivity index (χ3n) is 4.67. The van der Waals surface area contributed by atoms with Gasteiger partial charge in [0.05, 0.1) is 0 Å². The van der Waals surface area contributed by atoms with Gasteiger partial charge in [-0.2, -0.15) is 0 Å². The zero-order valence-corrected chi connectivity index (χ0v) is 16.4. The van der Waals surface area contributed by atoms with E-state index >= 15 is 0 Å². The van der Waals surface area contributed by atoms with Crippen LogP contribution in [-0.2, 0) is 14.3 Å². The summed E-state index contributed by atoms with van der Waals surface area (Å²) in [4.78, 5) is 25.7. The van der Waals surface area contributed by atoms with Gasteiger partial charge in [-0.3, -0.25) is 4.79 Å². The number of hydrogen-bond donors (Lipinski definition) is 1. The number of ether oxygens (including phenoxy) is 3. The highest BCUT2D eigenvalue weighted by Gasteiger charge is 2.33. The molecule has 1 N–H and O–H groups in total. The summed E-state index contributed by atoms with van der Waals surface area (Å²) in [6, 6.07) is 23.3. The number of fused-ring (bicyclic) bond motifs is 1. The molecule has 152 valence electrons. The van der Waals surface area contributed by atoms with E-state index in [1.807, 2.05) is 31.2 Å². The number of nitrogens with one attached hydrogen (secondary N) is 1. The van der Waals surface area contributed by atoms with E-state index in [2.05, 4.69) is 5.32 Å². The molecule has 1 amide bonds. The standard InChI is InChI=1S/C24H21NO5/c1-16-11-13-18(14-12-16)25-23(26)22(17-7-3-2-4-8-17)30-24(27)21-15-28-19-9-5-6-10-20(19)29-21/h2-14,21-22H,15H2,1H3,(H,25,26)/t21-,22+/m0/s1. The summed E-state index contributed by atoms with van der Waals surface area (Å²) >= 11 is 0. The number of anilines is 1. The van der Waals surface area contributed by atoms with Crippen LogP contribution < -0.4 is 14.8 Å². The molecule has 0 saturated heterocycles. The third kappa shape index (κ3) is 4.43. The lowest BCUT2D eigenvalue weighted by Crippen LogP contribution is -2.39. The van der Waals surface area contributed by atoms with Crippen molar-refractivity contribution in [1.29, 1.82) is 0 Å². The summed E-state index contributed by atoms with van der Waals surface area (Å²) < 4.78 is 16.9. The fourth-order valence-corrected chi connectivity index (χ4v) is 3.07. The van der Waals surface area contributed by atoms with Crippen LogP contribution >= 0.6 is 0 Å².